The Hall–Kier alpha value is -3.66. The van der Waals surface area contributed by atoms with Gasteiger partial charge in [-0.25, -0.2) is 4.98 Å². The molecule has 0 saturated carbocycles. The van der Waals surface area contributed by atoms with Crippen molar-refractivity contribution in [3.05, 3.63) is 57.5 Å². The second kappa shape index (κ2) is 7.92. The first-order valence-electron chi connectivity index (χ1n) is 7.89. The first-order valence-corrected chi connectivity index (χ1v) is 8.77. The van der Waals surface area contributed by atoms with Crippen LogP contribution in [0, 0.1) is 10.1 Å². The van der Waals surface area contributed by atoms with E-state index in [4.69, 9.17) is 9.47 Å². The second-order valence-electron chi connectivity index (χ2n) is 5.52. The van der Waals surface area contributed by atoms with Crippen molar-refractivity contribution in [1.82, 2.24) is 4.98 Å². The van der Waals surface area contributed by atoms with Crippen LogP contribution in [-0.2, 0) is 0 Å². The summed E-state index contributed by atoms with van der Waals surface area (Å²) in [6, 6.07) is 8.66. The Morgan fingerprint density at radius 1 is 1.21 bits per heavy atom. The molecule has 2 N–H and O–H groups in total. The summed E-state index contributed by atoms with van der Waals surface area (Å²) in [5.41, 5.74) is 0.931. The zero-order valence-electron chi connectivity index (χ0n) is 14.8. The molecule has 10 heteroatoms. The van der Waals surface area contributed by atoms with Crippen LogP contribution >= 0.6 is 11.3 Å². The molecule has 3 aromatic rings. The number of carbonyl (C=O) groups is 1. The van der Waals surface area contributed by atoms with Gasteiger partial charge >= 0.3 is 5.69 Å². The highest BCUT2D eigenvalue weighted by molar-refractivity contribution is 7.14. The van der Waals surface area contributed by atoms with Crippen LogP contribution in [-0.4, -0.2) is 35.1 Å². The van der Waals surface area contributed by atoms with Crippen molar-refractivity contribution in [2.75, 3.05) is 19.5 Å². The van der Waals surface area contributed by atoms with Crippen LogP contribution in [0.2, 0.25) is 0 Å². The van der Waals surface area contributed by atoms with E-state index in [0.29, 0.717) is 22.3 Å². The fourth-order valence-electron chi connectivity index (χ4n) is 2.45. The highest BCUT2D eigenvalue weighted by Gasteiger charge is 2.17. The number of aromatic hydroxyl groups is 1. The van der Waals surface area contributed by atoms with E-state index in [1.54, 1.807) is 30.7 Å². The Morgan fingerprint density at radius 2 is 2.00 bits per heavy atom. The van der Waals surface area contributed by atoms with Crippen LogP contribution in [0.1, 0.15) is 10.4 Å². The Morgan fingerprint density at radius 3 is 2.64 bits per heavy atom. The summed E-state index contributed by atoms with van der Waals surface area (Å²) < 4.78 is 10.5. The monoisotopic (exact) mass is 401 g/mol. The zero-order valence-corrected chi connectivity index (χ0v) is 15.6. The molecule has 1 heterocycles. The first-order chi connectivity index (χ1) is 13.4. The summed E-state index contributed by atoms with van der Waals surface area (Å²) in [5.74, 6) is 0.0818. The number of thiazole rings is 1. The standard InChI is InChI=1S/C18H15N3O6S/c1-26-11-4-5-12(16(8-11)27-2)13-9-28-18(19-13)20-17(23)10-3-6-14(21(24)25)15(22)7-10/h3-9,22H,1-2H3,(H,19,20,23). The van der Waals surface area contributed by atoms with Crippen LogP contribution in [0.3, 0.4) is 0 Å². The number of anilines is 1. The summed E-state index contributed by atoms with van der Waals surface area (Å²) in [4.78, 5) is 26.7. The molecule has 0 saturated heterocycles. The van der Waals surface area contributed by atoms with Gasteiger partial charge in [0.25, 0.3) is 5.91 Å². The van der Waals surface area contributed by atoms with E-state index in [0.717, 1.165) is 17.7 Å². The molecule has 1 aromatic heterocycles. The molecule has 0 radical (unpaired) electrons. The van der Waals surface area contributed by atoms with E-state index in [2.05, 4.69) is 10.3 Å². The number of amides is 1. The van der Waals surface area contributed by atoms with E-state index in [-0.39, 0.29) is 5.56 Å². The number of phenolic OH excluding ortho intramolecular Hbond substituents is 1. The predicted octanol–water partition coefficient (Wildman–Crippen LogP) is 3.69. The van der Waals surface area contributed by atoms with E-state index < -0.39 is 22.3 Å². The number of rotatable bonds is 6. The van der Waals surface area contributed by atoms with Crippen LogP contribution in [0.15, 0.2) is 41.8 Å². The van der Waals surface area contributed by atoms with Crippen molar-refractivity contribution in [2.45, 2.75) is 0 Å². The fraction of sp³-hybridized carbons (Fsp3) is 0.111. The summed E-state index contributed by atoms with van der Waals surface area (Å²) >= 11 is 1.21. The van der Waals surface area contributed by atoms with Gasteiger partial charge in [-0.1, -0.05) is 0 Å². The highest BCUT2D eigenvalue weighted by Crippen LogP contribution is 2.35. The lowest BCUT2D eigenvalue weighted by molar-refractivity contribution is -0.385. The maximum Gasteiger partial charge on any atom is 0.310 e. The van der Waals surface area contributed by atoms with Crippen LogP contribution < -0.4 is 14.8 Å². The molecule has 0 aliphatic heterocycles. The number of phenols is 1. The first kappa shape index (κ1) is 19.1. The number of hydrogen-bond acceptors (Lipinski definition) is 8. The van der Waals surface area contributed by atoms with E-state index >= 15 is 0 Å². The van der Waals surface area contributed by atoms with Gasteiger partial charge in [-0.05, 0) is 24.3 Å². The zero-order chi connectivity index (χ0) is 20.3. The van der Waals surface area contributed by atoms with Gasteiger partial charge in [0, 0.05) is 28.6 Å². The predicted molar refractivity (Wildman–Crippen MR) is 103 cm³/mol. The van der Waals surface area contributed by atoms with Crippen LogP contribution in [0.4, 0.5) is 10.8 Å². The lowest BCUT2D eigenvalue weighted by Gasteiger charge is -2.08. The third kappa shape index (κ3) is 3.86. The molecular formula is C18H15N3O6S. The number of nitro groups is 1. The average molecular weight is 401 g/mol. The highest BCUT2D eigenvalue weighted by atomic mass is 32.1. The molecule has 0 aliphatic carbocycles. The summed E-state index contributed by atoms with van der Waals surface area (Å²) in [5, 5.41) is 25.1. The van der Waals surface area contributed by atoms with Gasteiger partial charge in [0.1, 0.15) is 11.5 Å². The number of carbonyl (C=O) groups excluding carboxylic acids is 1. The Bertz CT molecular complexity index is 1050. The molecular weight excluding hydrogens is 386 g/mol. The number of nitro benzene ring substituents is 1. The number of benzene rings is 2. The SMILES string of the molecule is COc1ccc(-c2csc(NC(=O)c3ccc([N+](=O)[O-])c(O)c3)n2)c(OC)c1. The van der Waals surface area contributed by atoms with Gasteiger partial charge in [-0.15, -0.1) is 11.3 Å². The van der Waals surface area contributed by atoms with Gasteiger partial charge in [-0.2, -0.15) is 0 Å². The summed E-state index contributed by atoms with van der Waals surface area (Å²) in [6.45, 7) is 0. The molecule has 0 aliphatic rings. The number of methoxy groups -OCH3 is 2. The number of nitrogens with one attached hydrogen (secondary N) is 1. The van der Waals surface area contributed by atoms with Crippen molar-refractivity contribution < 1.29 is 24.3 Å². The Kier molecular flexibility index (Phi) is 5.41. The lowest BCUT2D eigenvalue weighted by Crippen LogP contribution is -2.11. The van der Waals surface area contributed by atoms with Gasteiger partial charge in [0.2, 0.25) is 0 Å². The normalized spacial score (nSPS) is 10.4. The second-order valence-corrected chi connectivity index (χ2v) is 6.38. The molecule has 9 nitrogen and oxygen atoms in total. The largest absolute Gasteiger partial charge is 0.502 e. The lowest BCUT2D eigenvalue weighted by atomic mass is 10.1. The van der Waals surface area contributed by atoms with Gasteiger partial charge in [0.15, 0.2) is 10.9 Å². The number of hydrogen-bond donors (Lipinski definition) is 2. The Labute approximate surface area is 163 Å². The minimum absolute atomic E-state index is 0.0712. The number of aromatic nitrogens is 1. The molecule has 0 atom stereocenters. The third-order valence-corrected chi connectivity index (χ3v) is 4.60. The smallest absolute Gasteiger partial charge is 0.310 e. The van der Waals surface area contributed by atoms with Crippen molar-refractivity contribution in [2.24, 2.45) is 0 Å². The maximum atomic E-state index is 12.3. The van der Waals surface area contributed by atoms with Gasteiger partial charge in [0.05, 0.1) is 24.8 Å². The van der Waals surface area contributed by atoms with Gasteiger partial charge < -0.3 is 14.6 Å². The maximum absolute atomic E-state index is 12.3. The molecule has 0 unspecified atom stereocenters. The minimum Gasteiger partial charge on any atom is -0.502 e. The molecule has 0 fully saturated rings. The molecule has 28 heavy (non-hydrogen) atoms. The number of nitrogens with zero attached hydrogens (tertiary/aromatic N) is 2. The molecule has 3 rings (SSSR count). The molecule has 0 bridgehead atoms. The molecule has 0 spiro atoms. The molecule has 2 aromatic carbocycles. The van der Waals surface area contributed by atoms with Crippen molar-refractivity contribution in [3.8, 4) is 28.5 Å². The molecule has 1 amide bonds. The van der Waals surface area contributed by atoms with Crippen LogP contribution in [0.5, 0.6) is 17.2 Å². The summed E-state index contributed by atoms with van der Waals surface area (Å²) in [6.07, 6.45) is 0. The van der Waals surface area contributed by atoms with Crippen molar-refractivity contribution >= 4 is 28.1 Å². The third-order valence-electron chi connectivity index (χ3n) is 3.84. The molecule has 144 valence electrons. The number of ether oxygens (including phenoxy) is 2. The fourth-order valence-corrected chi connectivity index (χ4v) is 3.16. The van der Waals surface area contributed by atoms with E-state index in [1.807, 2.05) is 0 Å². The van der Waals surface area contributed by atoms with Crippen LogP contribution in [0.25, 0.3) is 11.3 Å². The van der Waals surface area contributed by atoms with E-state index in [1.165, 1.54) is 24.5 Å². The van der Waals surface area contributed by atoms with Gasteiger partial charge in [-0.3, -0.25) is 20.2 Å². The summed E-state index contributed by atoms with van der Waals surface area (Å²) in [7, 11) is 3.09. The van der Waals surface area contributed by atoms with Crippen molar-refractivity contribution in [3.63, 3.8) is 0 Å². The minimum atomic E-state index is -0.730. The van der Waals surface area contributed by atoms with E-state index in [9.17, 15) is 20.0 Å². The van der Waals surface area contributed by atoms with Crippen molar-refractivity contribution in [1.29, 1.82) is 0 Å². The Balaban J connectivity index is 1.81. The average Bonchev–Trinajstić information content (AvgIpc) is 3.15. The topological polar surface area (TPSA) is 124 Å². The quantitative estimate of drug-likeness (QED) is 0.477.